The molecule has 0 fully saturated rings. The third-order valence-corrected chi connectivity index (χ3v) is 2.83. The second-order valence-electron chi connectivity index (χ2n) is 4.06. The molecule has 18 heavy (non-hydrogen) atoms. The molecule has 2 aromatic rings. The van der Waals surface area contributed by atoms with Gasteiger partial charge in [-0.3, -0.25) is 4.79 Å². The van der Waals surface area contributed by atoms with Gasteiger partial charge < -0.3 is 7.16 Å². The van der Waals surface area contributed by atoms with Gasteiger partial charge in [-0.05, 0) is 17.5 Å². The smallest absolute Gasteiger partial charge is 1.00 e. The largest absolute Gasteiger partial charge is 1.00 e. The Bertz CT molecular complexity index is 490. The molecule has 1 atom stereocenters. The van der Waals surface area contributed by atoms with Gasteiger partial charge in [-0.15, -0.1) is 0 Å². The van der Waals surface area contributed by atoms with E-state index in [1.165, 1.54) is 0 Å². The van der Waals surface area contributed by atoms with Crippen molar-refractivity contribution < 1.29 is 25.1 Å². The van der Waals surface area contributed by atoms with E-state index >= 15 is 0 Å². The van der Waals surface area contributed by atoms with Gasteiger partial charge in [0.2, 0.25) is 5.91 Å². The number of carbonyl (C=O) groups excluding carboxylic acids is 1. The van der Waals surface area contributed by atoms with E-state index in [0.29, 0.717) is 6.42 Å². The normalized spacial score (nSPS) is 11.3. The Morgan fingerprint density at radius 2 is 1.50 bits per heavy atom. The van der Waals surface area contributed by atoms with Gasteiger partial charge in [0.15, 0.2) is 0 Å². The van der Waals surface area contributed by atoms with Gasteiger partial charge in [0.25, 0.3) is 0 Å². The van der Waals surface area contributed by atoms with Gasteiger partial charge >= 0.3 is 18.9 Å². The van der Waals surface area contributed by atoms with Gasteiger partial charge in [0.05, 0.1) is 5.92 Å². The van der Waals surface area contributed by atoms with Crippen molar-refractivity contribution in [1.29, 1.82) is 0 Å². The van der Waals surface area contributed by atoms with Crippen LogP contribution in [0.5, 0.6) is 0 Å². The van der Waals surface area contributed by atoms with E-state index in [0.717, 1.165) is 11.1 Å². The topological polar surface area (TPSA) is 43.1 Å². The van der Waals surface area contributed by atoms with E-state index in [1.54, 1.807) is 0 Å². The summed E-state index contributed by atoms with van der Waals surface area (Å²) in [6.45, 7) is 0. The molecule has 0 aromatic heterocycles. The number of amides is 1. The van der Waals surface area contributed by atoms with Gasteiger partial charge in [-0.2, -0.15) is 0 Å². The molecule has 2 N–H and O–H groups in total. The molecule has 0 aliphatic carbocycles. The maximum atomic E-state index is 11.5. The molecule has 0 aliphatic rings. The van der Waals surface area contributed by atoms with Crippen molar-refractivity contribution in [2.45, 2.75) is 12.3 Å². The molecule has 0 radical (unpaired) electrons. The zero-order chi connectivity index (χ0) is 12.1. The summed E-state index contributed by atoms with van der Waals surface area (Å²) in [5.74, 6) is -0.529. The minimum atomic E-state index is -0.278. The predicted octanol–water partition coefficient (Wildman–Crippen LogP) is -0.385. The van der Waals surface area contributed by atoms with Crippen LogP contribution in [0.1, 0.15) is 18.5 Å². The van der Waals surface area contributed by atoms with E-state index in [2.05, 4.69) is 0 Å². The second kappa shape index (κ2) is 7.06. The third kappa shape index (κ3) is 3.77. The van der Waals surface area contributed by atoms with Crippen LogP contribution in [-0.2, 0) is 11.2 Å². The number of rotatable bonds is 4. The van der Waals surface area contributed by atoms with Gasteiger partial charge in [-0.25, -0.2) is 0 Å². The Morgan fingerprint density at radius 1 is 1.00 bits per heavy atom. The molecule has 0 unspecified atom stereocenters. The number of nitrogens with two attached hydrogens (primary N) is 1. The number of carbonyl (C=O) groups is 1. The predicted molar refractivity (Wildman–Crippen MR) is 69.6 cm³/mol. The Kier molecular flexibility index (Phi) is 5.71. The zero-order valence-electron chi connectivity index (χ0n) is 11.5. The average Bonchev–Trinajstić information content (AvgIpc) is 2.38. The molecule has 0 saturated carbocycles. The molecule has 3 heteroatoms. The van der Waals surface area contributed by atoms with Crippen LogP contribution < -0.4 is 24.6 Å². The first-order chi connectivity index (χ1) is 8.27. The van der Waals surface area contributed by atoms with E-state index < -0.39 is 0 Å². The molecule has 0 heterocycles. The van der Waals surface area contributed by atoms with Crippen molar-refractivity contribution in [3.05, 3.63) is 71.8 Å². The third-order valence-electron chi connectivity index (χ3n) is 2.83. The average molecular weight is 233 g/mol. The van der Waals surface area contributed by atoms with E-state index in [9.17, 15) is 4.79 Å². The van der Waals surface area contributed by atoms with Gasteiger partial charge in [0, 0.05) is 0 Å². The van der Waals surface area contributed by atoms with Crippen LogP contribution >= 0.6 is 0 Å². The van der Waals surface area contributed by atoms with Crippen LogP contribution in [0.2, 0.25) is 0 Å². The first-order valence-corrected chi connectivity index (χ1v) is 5.65. The van der Waals surface area contributed by atoms with Crippen molar-refractivity contribution in [3.8, 4) is 0 Å². The summed E-state index contributed by atoms with van der Waals surface area (Å²) in [5, 5.41) is 0. The minimum Gasteiger partial charge on any atom is -1.00 e. The number of hydrogen-bond acceptors (Lipinski definition) is 1. The zero-order valence-corrected chi connectivity index (χ0v) is 10.5. The first kappa shape index (κ1) is 14.6. The molecule has 2 nitrogen and oxygen atoms in total. The van der Waals surface area contributed by atoms with Crippen LogP contribution in [0.15, 0.2) is 60.7 Å². The fourth-order valence-corrected chi connectivity index (χ4v) is 1.92. The van der Waals surface area contributed by atoms with E-state index in [4.69, 9.17) is 5.73 Å². The quantitative estimate of drug-likeness (QED) is 0.718. The van der Waals surface area contributed by atoms with Crippen molar-refractivity contribution in [1.82, 2.24) is 0 Å². The van der Waals surface area contributed by atoms with Crippen molar-refractivity contribution in [3.63, 3.8) is 0 Å². The summed E-state index contributed by atoms with van der Waals surface area (Å²) in [6.07, 6.45) is 0.653. The molecule has 2 rings (SSSR count). The fourth-order valence-electron chi connectivity index (χ4n) is 1.92. The standard InChI is InChI=1S/C15H15NO.Li.H/c16-15(17)14(13-9-5-2-6-10-13)11-12-7-3-1-4-8-12;;/h1-10,14H,11H2,(H2,16,17);;/q;+1;-1/t14-;;/m1../s1. The van der Waals surface area contributed by atoms with Crippen LogP contribution in [0.25, 0.3) is 0 Å². The van der Waals surface area contributed by atoms with Crippen LogP contribution in [-0.4, -0.2) is 5.91 Å². The molecule has 88 valence electrons. The second-order valence-corrected chi connectivity index (χ2v) is 4.06. The van der Waals surface area contributed by atoms with E-state index in [1.807, 2.05) is 60.7 Å². The molecule has 0 saturated heterocycles. The SMILES string of the molecule is NC(=O)[C@H](Cc1ccccc1)c1ccccc1.[H-].[Li+]. The van der Waals surface area contributed by atoms with Crippen LogP contribution in [0.3, 0.4) is 0 Å². The molecular formula is C15H16LiNO. The summed E-state index contributed by atoms with van der Waals surface area (Å²) in [4.78, 5) is 11.5. The molecule has 0 bridgehead atoms. The maximum Gasteiger partial charge on any atom is 1.00 e. The minimum absolute atomic E-state index is 0. The Balaban J connectivity index is 0.00000162. The summed E-state index contributed by atoms with van der Waals surface area (Å²) in [5.41, 5.74) is 7.58. The van der Waals surface area contributed by atoms with Crippen molar-refractivity contribution in [2.24, 2.45) is 5.73 Å². The van der Waals surface area contributed by atoms with Crippen LogP contribution in [0.4, 0.5) is 0 Å². The molecule has 0 spiro atoms. The summed E-state index contributed by atoms with van der Waals surface area (Å²) in [6, 6.07) is 19.6. The fraction of sp³-hybridized carbons (Fsp3) is 0.133. The van der Waals surface area contributed by atoms with Crippen LogP contribution in [0, 0.1) is 0 Å². The summed E-state index contributed by atoms with van der Waals surface area (Å²) < 4.78 is 0. The number of primary amides is 1. The Labute approximate surface area is 121 Å². The molecule has 2 aromatic carbocycles. The van der Waals surface area contributed by atoms with Crippen molar-refractivity contribution >= 4 is 5.91 Å². The van der Waals surface area contributed by atoms with Gasteiger partial charge in [0.1, 0.15) is 0 Å². The number of hydrogen-bond donors (Lipinski definition) is 1. The first-order valence-electron chi connectivity index (χ1n) is 5.65. The molecule has 0 aliphatic heterocycles. The molecular weight excluding hydrogens is 217 g/mol. The Hall–Kier alpha value is -1.49. The van der Waals surface area contributed by atoms with Crippen molar-refractivity contribution in [2.75, 3.05) is 0 Å². The molecule has 1 amide bonds. The van der Waals surface area contributed by atoms with E-state index in [-0.39, 0.29) is 32.1 Å². The Morgan fingerprint density at radius 3 is 2.00 bits per heavy atom. The maximum absolute atomic E-state index is 11.5. The number of benzene rings is 2. The van der Waals surface area contributed by atoms with Gasteiger partial charge in [-0.1, -0.05) is 60.7 Å². The summed E-state index contributed by atoms with van der Waals surface area (Å²) in [7, 11) is 0. The monoisotopic (exact) mass is 233 g/mol. The summed E-state index contributed by atoms with van der Waals surface area (Å²) >= 11 is 0.